The maximum Gasteiger partial charge on any atom is 0.328 e. The normalized spacial score (nSPS) is 11.3. The van der Waals surface area contributed by atoms with Crippen LogP contribution in [0.25, 0.3) is 0 Å². The summed E-state index contributed by atoms with van der Waals surface area (Å²) in [6, 6.07) is 5.96. The van der Waals surface area contributed by atoms with Crippen LogP contribution in [0.4, 0.5) is 0 Å². The number of hydrogen-bond donors (Lipinski definition) is 1. The largest absolute Gasteiger partial charge is 0.490 e. The van der Waals surface area contributed by atoms with Gasteiger partial charge < -0.3 is 14.8 Å². The number of carbonyl (C=O) groups is 2. The highest BCUT2D eigenvalue weighted by Crippen LogP contribution is 2.12. The van der Waals surface area contributed by atoms with Crippen molar-refractivity contribution in [3.05, 3.63) is 42.5 Å². The second-order valence-corrected chi connectivity index (χ2v) is 4.07. The molecule has 0 aromatic heterocycles. The fourth-order valence-corrected chi connectivity index (χ4v) is 1.46. The number of esters is 1. The van der Waals surface area contributed by atoms with Crippen molar-refractivity contribution in [2.45, 2.75) is 19.9 Å². The lowest BCUT2D eigenvalue weighted by molar-refractivity contribution is -0.144. The Kier molecular flexibility index (Phi) is 6.29. The topological polar surface area (TPSA) is 64.6 Å². The van der Waals surface area contributed by atoms with Crippen molar-refractivity contribution in [1.82, 2.24) is 5.32 Å². The number of benzene rings is 1. The van der Waals surface area contributed by atoms with Crippen LogP contribution in [0.2, 0.25) is 0 Å². The van der Waals surface area contributed by atoms with E-state index in [-0.39, 0.29) is 12.5 Å². The molecule has 108 valence electrons. The quantitative estimate of drug-likeness (QED) is 0.611. The molecule has 20 heavy (non-hydrogen) atoms. The zero-order valence-electron chi connectivity index (χ0n) is 11.7. The molecule has 1 rings (SSSR count). The van der Waals surface area contributed by atoms with Gasteiger partial charge in [0.05, 0.1) is 6.61 Å². The molecule has 1 aromatic rings. The van der Waals surface area contributed by atoms with Crippen molar-refractivity contribution in [3.8, 4) is 5.75 Å². The predicted molar refractivity (Wildman–Crippen MR) is 75.7 cm³/mol. The number of amides is 1. The van der Waals surface area contributed by atoms with Gasteiger partial charge in [0.1, 0.15) is 18.4 Å². The van der Waals surface area contributed by atoms with Crippen molar-refractivity contribution in [2.24, 2.45) is 0 Å². The summed E-state index contributed by atoms with van der Waals surface area (Å²) in [5.41, 5.74) is 0.451. The predicted octanol–water partition coefficient (Wildman–Crippen LogP) is 1.93. The van der Waals surface area contributed by atoms with E-state index in [0.29, 0.717) is 17.9 Å². The van der Waals surface area contributed by atoms with Gasteiger partial charge in [0.15, 0.2) is 0 Å². The van der Waals surface area contributed by atoms with Gasteiger partial charge in [-0.2, -0.15) is 0 Å². The van der Waals surface area contributed by atoms with Gasteiger partial charge >= 0.3 is 5.97 Å². The molecule has 0 saturated heterocycles. The summed E-state index contributed by atoms with van der Waals surface area (Å²) in [4.78, 5) is 23.3. The van der Waals surface area contributed by atoms with E-state index in [9.17, 15) is 9.59 Å². The molecule has 0 heterocycles. The fraction of sp³-hybridized carbons (Fsp3) is 0.333. The molecule has 1 atom stereocenters. The van der Waals surface area contributed by atoms with Gasteiger partial charge in [0, 0.05) is 5.56 Å². The first kappa shape index (κ1) is 15.8. The van der Waals surface area contributed by atoms with E-state index >= 15 is 0 Å². The van der Waals surface area contributed by atoms with Crippen molar-refractivity contribution in [2.75, 3.05) is 13.2 Å². The SMILES string of the molecule is C=CCOc1ccc(C(=O)NC(C)C(=O)OCC)cc1. The van der Waals surface area contributed by atoms with E-state index < -0.39 is 12.0 Å². The zero-order valence-corrected chi connectivity index (χ0v) is 11.7. The number of rotatable bonds is 7. The van der Waals surface area contributed by atoms with Crippen LogP contribution >= 0.6 is 0 Å². The van der Waals surface area contributed by atoms with Crippen LogP contribution < -0.4 is 10.1 Å². The molecule has 1 N–H and O–H groups in total. The molecule has 1 amide bonds. The minimum Gasteiger partial charge on any atom is -0.490 e. The Labute approximate surface area is 118 Å². The lowest BCUT2D eigenvalue weighted by Crippen LogP contribution is -2.39. The van der Waals surface area contributed by atoms with Crippen LogP contribution in [-0.4, -0.2) is 31.1 Å². The zero-order chi connectivity index (χ0) is 15.0. The summed E-state index contributed by atoms with van der Waals surface area (Å²) in [5, 5.41) is 2.57. The Hall–Kier alpha value is -2.30. The molecular weight excluding hydrogens is 258 g/mol. The van der Waals surface area contributed by atoms with Crippen LogP contribution in [0.15, 0.2) is 36.9 Å². The van der Waals surface area contributed by atoms with E-state index in [0.717, 1.165) is 0 Å². The van der Waals surface area contributed by atoms with E-state index in [2.05, 4.69) is 11.9 Å². The third-order valence-corrected chi connectivity index (χ3v) is 2.47. The van der Waals surface area contributed by atoms with Gasteiger partial charge in [-0.15, -0.1) is 0 Å². The van der Waals surface area contributed by atoms with Gasteiger partial charge in [-0.05, 0) is 38.1 Å². The van der Waals surface area contributed by atoms with Crippen LogP contribution in [0.5, 0.6) is 5.75 Å². The highest BCUT2D eigenvalue weighted by Gasteiger charge is 2.17. The van der Waals surface area contributed by atoms with E-state index in [1.807, 2.05) is 0 Å². The summed E-state index contributed by atoms with van der Waals surface area (Å²) < 4.78 is 10.1. The number of carbonyl (C=O) groups excluding carboxylic acids is 2. The number of ether oxygens (including phenoxy) is 2. The summed E-state index contributed by atoms with van der Waals surface area (Å²) >= 11 is 0. The van der Waals surface area contributed by atoms with Gasteiger partial charge in [-0.25, -0.2) is 4.79 Å². The Balaban J connectivity index is 2.59. The molecule has 5 nitrogen and oxygen atoms in total. The van der Waals surface area contributed by atoms with Crippen LogP contribution in [-0.2, 0) is 9.53 Å². The molecule has 1 aromatic carbocycles. The maximum absolute atomic E-state index is 11.9. The minimum atomic E-state index is -0.681. The first-order chi connectivity index (χ1) is 9.58. The Morgan fingerprint density at radius 1 is 1.35 bits per heavy atom. The molecule has 0 aliphatic rings. The third-order valence-electron chi connectivity index (χ3n) is 2.47. The van der Waals surface area contributed by atoms with E-state index in [1.165, 1.54) is 0 Å². The molecule has 0 radical (unpaired) electrons. The van der Waals surface area contributed by atoms with Crippen LogP contribution in [0.3, 0.4) is 0 Å². The molecule has 1 unspecified atom stereocenters. The van der Waals surface area contributed by atoms with Gasteiger partial charge in [-0.1, -0.05) is 12.7 Å². The Bertz CT molecular complexity index is 467. The highest BCUT2D eigenvalue weighted by atomic mass is 16.5. The smallest absolute Gasteiger partial charge is 0.328 e. The van der Waals surface area contributed by atoms with Gasteiger partial charge in [0.25, 0.3) is 5.91 Å². The monoisotopic (exact) mass is 277 g/mol. The lowest BCUT2D eigenvalue weighted by atomic mass is 10.2. The minimum absolute atomic E-state index is 0.286. The number of nitrogens with one attached hydrogen (secondary N) is 1. The average molecular weight is 277 g/mol. The summed E-state index contributed by atoms with van der Waals surface area (Å²) in [6.45, 7) is 7.54. The lowest BCUT2D eigenvalue weighted by Gasteiger charge is -2.12. The fourth-order valence-electron chi connectivity index (χ4n) is 1.46. The molecule has 0 bridgehead atoms. The average Bonchev–Trinajstić information content (AvgIpc) is 2.45. The second kappa shape index (κ2) is 7.99. The molecule has 0 aliphatic carbocycles. The highest BCUT2D eigenvalue weighted by molar-refractivity contribution is 5.96. The van der Waals surface area contributed by atoms with E-state index in [4.69, 9.17) is 9.47 Å². The third kappa shape index (κ3) is 4.76. The molecule has 0 saturated carbocycles. The van der Waals surface area contributed by atoms with Crippen molar-refractivity contribution in [1.29, 1.82) is 0 Å². The first-order valence-electron chi connectivity index (χ1n) is 6.39. The molecule has 0 aliphatic heterocycles. The first-order valence-corrected chi connectivity index (χ1v) is 6.39. The van der Waals surface area contributed by atoms with Crippen molar-refractivity contribution >= 4 is 11.9 Å². The van der Waals surface area contributed by atoms with E-state index in [1.54, 1.807) is 44.2 Å². The Morgan fingerprint density at radius 3 is 2.55 bits per heavy atom. The Morgan fingerprint density at radius 2 is 2.00 bits per heavy atom. The summed E-state index contributed by atoms with van der Waals surface area (Å²) in [5.74, 6) is -0.132. The molecule has 5 heteroatoms. The standard InChI is InChI=1S/C15H19NO4/c1-4-10-20-13-8-6-12(7-9-13)14(17)16-11(3)15(18)19-5-2/h4,6-9,11H,1,5,10H2,2-3H3,(H,16,17). The van der Waals surface area contributed by atoms with Crippen molar-refractivity contribution < 1.29 is 19.1 Å². The van der Waals surface area contributed by atoms with Gasteiger partial charge in [-0.3, -0.25) is 4.79 Å². The maximum atomic E-state index is 11.9. The summed E-state index contributed by atoms with van der Waals surface area (Å²) in [7, 11) is 0. The molecule has 0 spiro atoms. The van der Waals surface area contributed by atoms with Gasteiger partial charge in [0.2, 0.25) is 0 Å². The summed E-state index contributed by atoms with van der Waals surface area (Å²) in [6.07, 6.45) is 1.64. The van der Waals surface area contributed by atoms with Crippen LogP contribution in [0, 0.1) is 0 Å². The van der Waals surface area contributed by atoms with Crippen LogP contribution in [0.1, 0.15) is 24.2 Å². The molecule has 0 fully saturated rings. The second-order valence-electron chi connectivity index (χ2n) is 4.07. The van der Waals surface area contributed by atoms with Crippen molar-refractivity contribution in [3.63, 3.8) is 0 Å². The number of hydrogen-bond acceptors (Lipinski definition) is 4. The molecular formula is C15H19NO4.